The maximum absolute atomic E-state index is 14.7. The molecule has 1 aromatic carbocycles. The van der Waals surface area contributed by atoms with Crippen LogP contribution in [0.3, 0.4) is 0 Å². The summed E-state index contributed by atoms with van der Waals surface area (Å²) in [5.74, 6) is -0.800. The van der Waals surface area contributed by atoms with Crippen molar-refractivity contribution in [3.05, 3.63) is 53.7 Å². The Kier molecular flexibility index (Phi) is 6.47. The lowest BCUT2D eigenvalue weighted by Gasteiger charge is -2.35. The van der Waals surface area contributed by atoms with E-state index in [0.717, 1.165) is 62.1 Å². The van der Waals surface area contributed by atoms with Crippen molar-refractivity contribution in [3.63, 3.8) is 0 Å². The lowest BCUT2D eigenvalue weighted by Crippen LogP contribution is -2.46. The van der Waals surface area contributed by atoms with Gasteiger partial charge in [-0.2, -0.15) is 5.10 Å². The van der Waals surface area contributed by atoms with Gasteiger partial charge >= 0.3 is 0 Å². The SMILES string of the molecule is Cn1cc(N2CCN(Cc3cc(C(=O)N[C@H]4CCCC[C@@H]4O)nc4c(F)cccc34)CC2)cn1. The van der Waals surface area contributed by atoms with Crippen molar-refractivity contribution in [2.75, 3.05) is 31.1 Å². The molecule has 2 atom stereocenters. The molecule has 0 radical (unpaired) electrons. The van der Waals surface area contributed by atoms with Crippen molar-refractivity contribution >= 4 is 22.5 Å². The first-order chi connectivity index (χ1) is 16.5. The van der Waals surface area contributed by atoms with E-state index < -0.39 is 11.9 Å². The molecule has 0 bridgehead atoms. The number of aryl methyl sites for hydroxylation is 1. The second-order valence-corrected chi connectivity index (χ2v) is 9.37. The Labute approximate surface area is 198 Å². The van der Waals surface area contributed by atoms with Gasteiger partial charge in [-0.1, -0.05) is 25.0 Å². The number of amides is 1. The summed E-state index contributed by atoms with van der Waals surface area (Å²) < 4.78 is 16.5. The van der Waals surface area contributed by atoms with Crippen LogP contribution in [0.1, 0.15) is 41.7 Å². The van der Waals surface area contributed by atoms with Gasteiger partial charge in [-0.15, -0.1) is 0 Å². The third kappa shape index (κ3) is 4.76. The number of piperazine rings is 1. The summed E-state index contributed by atoms with van der Waals surface area (Å²) in [4.78, 5) is 22.0. The van der Waals surface area contributed by atoms with Crippen LogP contribution < -0.4 is 10.2 Å². The quantitative estimate of drug-likeness (QED) is 0.601. The Bertz CT molecular complexity index is 1170. The van der Waals surface area contributed by atoms with Gasteiger partial charge in [0.25, 0.3) is 5.91 Å². The number of benzene rings is 1. The Balaban J connectivity index is 1.35. The van der Waals surface area contributed by atoms with E-state index in [1.54, 1.807) is 16.8 Å². The molecule has 34 heavy (non-hydrogen) atoms. The van der Waals surface area contributed by atoms with Crippen LogP contribution in [0, 0.1) is 5.82 Å². The monoisotopic (exact) mass is 466 g/mol. The summed E-state index contributed by atoms with van der Waals surface area (Å²) in [5, 5.41) is 18.2. The standard InChI is InChI=1S/C25H31FN6O2/c1-30-16-18(14-27-30)32-11-9-31(10-12-32)15-17-13-22(28-24-19(17)5-4-6-20(24)26)25(34)29-21-7-2-3-8-23(21)33/h4-6,13-14,16,21,23,33H,2-3,7-12,15H2,1H3,(H,29,34)/t21-,23-/m0/s1. The predicted octanol–water partition coefficient (Wildman–Crippen LogP) is 2.46. The maximum Gasteiger partial charge on any atom is 0.270 e. The van der Waals surface area contributed by atoms with Gasteiger partial charge in [-0.3, -0.25) is 14.4 Å². The van der Waals surface area contributed by atoms with Gasteiger partial charge in [0.1, 0.15) is 17.0 Å². The molecule has 2 N–H and O–H groups in total. The lowest BCUT2D eigenvalue weighted by atomic mass is 9.92. The molecule has 1 aliphatic heterocycles. The number of carbonyl (C=O) groups excluding carboxylic acids is 1. The highest BCUT2D eigenvalue weighted by atomic mass is 19.1. The van der Waals surface area contributed by atoms with Crippen LogP contribution >= 0.6 is 0 Å². The van der Waals surface area contributed by atoms with E-state index in [2.05, 4.69) is 25.2 Å². The first kappa shape index (κ1) is 22.7. The number of hydrogen-bond acceptors (Lipinski definition) is 6. The van der Waals surface area contributed by atoms with Crippen molar-refractivity contribution in [2.24, 2.45) is 7.05 Å². The molecule has 180 valence electrons. The number of nitrogens with one attached hydrogen (secondary N) is 1. The third-order valence-electron chi connectivity index (χ3n) is 6.98. The van der Waals surface area contributed by atoms with E-state index >= 15 is 0 Å². The second kappa shape index (κ2) is 9.68. The maximum atomic E-state index is 14.7. The van der Waals surface area contributed by atoms with Crippen LogP contribution in [0.25, 0.3) is 10.9 Å². The van der Waals surface area contributed by atoms with Crippen LogP contribution in [-0.2, 0) is 13.6 Å². The number of aliphatic hydroxyl groups is 1. The molecular weight excluding hydrogens is 435 g/mol. The Hall–Kier alpha value is -3.04. The molecule has 1 amide bonds. The minimum atomic E-state index is -0.550. The molecule has 0 unspecified atom stereocenters. The number of para-hydroxylation sites is 1. The molecular formula is C25H31FN6O2. The van der Waals surface area contributed by atoms with Crippen molar-refractivity contribution in [1.29, 1.82) is 0 Å². The van der Waals surface area contributed by atoms with Crippen LogP contribution in [0.5, 0.6) is 0 Å². The number of aliphatic hydroxyl groups excluding tert-OH is 1. The summed E-state index contributed by atoms with van der Waals surface area (Å²) in [5.41, 5.74) is 2.40. The van der Waals surface area contributed by atoms with E-state index in [1.165, 1.54) is 6.07 Å². The smallest absolute Gasteiger partial charge is 0.270 e. The Morgan fingerprint density at radius 1 is 1.21 bits per heavy atom. The van der Waals surface area contributed by atoms with E-state index in [9.17, 15) is 14.3 Å². The summed E-state index contributed by atoms with van der Waals surface area (Å²) in [6.45, 7) is 4.05. The molecule has 9 heteroatoms. The average molecular weight is 467 g/mol. The molecule has 1 saturated carbocycles. The van der Waals surface area contributed by atoms with E-state index in [1.807, 2.05) is 25.5 Å². The van der Waals surface area contributed by atoms with E-state index in [4.69, 9.17) is 0 Å². The number of hydrogen-bond donors (Lipinski definition) is 2. The van der Waals surface area contributed by atoms with Gasteiger partial charge in [-0.05, 0) is 30.5 Å². The molecule has 2 aromatic heterocycles. The molecule has 1 aliphatic carbocycles. The number of pyridine rings is 1. The van der Waals surface area contributed by atoms with Gasteiger partial charge in [-0.25, -0.2) is 9.37 Å². The second-order valence-electron chi connectivity index (χ2n) is 9.37. The molecule has 2 fully saturated rings. The number of carbonyl (C=O) groups is 1. The fraction of sp³-hybridized carbons (Fsp3) is 0.480. The van der Waals surface area contributed by atoms with Gasteiger partial charge < -0.3 is 15.3 Å². The highest BCUT2D eigenvalue weighted by Crippen LogP contribution is 2.25. The van der Waals surface area contributed by atoms with Crippen molar-refractivity contribution in [3.8, 4) is 0 Å². The molecule has 2 aliphatic rings. The number of rotatable bonds is 5. The highest BCUT2D eigenvalue weighted by molar-refractivity contribution is 5.96. The first-order valence-electron chi connectivity index (χ1n) is 12.0. The molecule has 0 spiro atoms. The number of halogens is 1. The minimum absolute atomic E-state index is 0.194. The number of fused-ring (bicyclic) bond motifs is 1. The zero-order chi connectivity index (χ0) is 23.7. The normalized spacial score (nSPS) is 21.7. The Morgan fingerprint density at radius 3 is 2.74 bits per heavy atom. The third-order valence-corrected chi connectivity index (χ3v) is 6.98. The Morgan fingerprint density at radius 2 is 2.00 bits per heavy atom. The summed E-state index contributed by atoms with van der Waals surface area (Å²) in [6, 6.07) is 6.40. The fourth-order valence-electron chi connectivity index (χ4n) is 5.03. The number of anilines is 1. The van der Waals surface area contributed by atoms with Crippen LogP contribution in [0.4, 0.5) is 10.1 Å². The van der Waals surface area contributed by atoms with Gasteiger partial charge in [0.15, 0.2) is 0 Å². The zero-order valence-corrected chi connectivity index (χ0v) is 19.5. The van der Waals surface area contributed by atoms with E-state index in [-0.39, 0.29) is 23.2 Å². The van der Waals surface area contributed by atoms with Crippen molar-refractivity contribution < 1.29 is 14.3 Å². The van der Waals surface area contributed by atoms with Crippen LogP contribution in [0.2, 0.25) is 0 Å². The highest BCUT2D eigenvalue weighted by Gasteiger charge is 2.26. The molecule has 8 nitrogen and oxygen atoms in total. The predicted molar refractivity (Wildman–Crippen MR) is 128 cm³/mol. The lowest BCUT2D eigenvalue weighted by molar-refractivity contribution is 0.0714. The van der Waals surface area contributed by atoms with Crippen LogP contribution in [-0.4, -0.2) is 69.0 Å². The largest absolute Gasteiger partial charge is 0.391 e. The minimum Gasteiger partial charge on any atom is -0.391 e. The topological polar surface area (TPSA) is 86.5 Å². The number of nitrogens with zero attached hydrogens (tertiary/aromatic N) is 5. The molecule has 5 rings (SSSR count). The summed E-state index contributed by atoms with van der Waals surface area (Å²) in [6.07, 6.45) is 6.70. The van der Waals surface area contributed by atoms with Gasteiger partial charge in [0.2, 0.25) is 0 Å². The number of aromatic nitrogens is 3. The van der Waals surface area contributed by atoms with Gasteiger partial charge in [0, 0.05) is 51.4 Å². The summed E-state index contributed by atoms with van der Waals surface area (Å²) in [7, 11) is 1.91. The van der Waals surface area contributed by atoms with Gasteiger partial charge in [0.05, 0.1) is 24.0 Å². The molecule has 3 heterocycles. The van der Waals surface area contributed by atoms with Crippen LogP contribution in [0.15, 0.2) is 36.7 Å². The molecule has 1 saturated heterocycles. The zero-order valence-electron chi connectivity index (χ0n) is 19.5. The molecule has 3 aromatic rings. The van der Waals surface area contributed by atoms with Crippen molar-refractivity contribution in [1.82, 2.24) is 25.0 Å². The average Bonchev–Trinajstić information content (AvgIpc) is 3.27. The first-order valence-corrected chi connectivity index (χ1v) is 12.0. The fourth-order valence-corrected chi connectivity index (χ4v) is 5.03. The van der Waals surface area contributed by atoms with E-state index in [0.29, 0.717) is 13.0 Å². The summed E-state index contributed by atoms with van der Waals surface area (Å²) >= 11 is 0. The van der Waals surface area contributed by atoms with Crippen molar-refractivity contribution in [2.45, 2.75) is 44.4 Å².